The Morgan fingerprint density at radius 3 is 2.44 bits per heavy atom. The van der Waals surface area contributed by atoms with Crippen molar-refractivity contribution in [2.45, 2.75) is 12.1 Å². The second-order valence-electron chi connectivity index (χ2n) is 5.10. The molecule has 3 fully saturated rings. The number of hydrogen-bond donors (Lipinski definition) is 1. The molecular formula is C13H17F2N3. The van der Waals surface area contributed by atoms with Gasteiger partial charge in [0.2, 0.25) is 0 Å². The summed E-state index contributed by atoms with van der Waals surface area (Å²) in [5.41, 5.74) is 6.59. The standard InChI is InChI=1S/C13H17F2N3/c14-9-1-2-10(11(15)7-9)13(16)12-8-17-3-5-18(12)6-4-17/h1-2,7,12-13H,3-6,8,16H2. The minimum Gasteiger partial charge on any atom is -0.323 e. The van der Waals surface area contributed by atoms with Crippen LogP contribution in [-0.2, 0) is 0 Å². The van der Waals surface area contributed by atoms with E-state index in [0.29, 0.717) is 5.56 Å². The minimum absolute atomic E-state index is 0.132. The van der Waals surface area contributed by atoms with Crippen molar-refractivity contribution in [3.63, 3.8) is 0 Å². The van der Waals surface area contributed by atoms with Gasteiger partial charge in [-0.15, -0.1) is 0 Å². The Labute approximate surface area is 105 Å². The van der Waals surface area contributed by atoms with Crippen LogP contribution < -0.4 is 5.73 Å². The molecule has 1 aromatic rings. The molecule has 0 saturated carbocycles. The molecule has 4 rings (SSSR count). The fraction of sp³-hybridized carbons (Fsp3) is 0.538. The lowest BCUT2D eigenvalue weighted by Gasteiger charge is -2.49. The first-order valence-corrected chi connectivity index (χ1v) is 6.32. The summed E-state index contributed by atoms with van der Waals surface area (Å²) in [6.45, 7) is 4.98. The largest absolute Gasteiger partial charge is 0.323 e. The van der Waals surface area contributed by atoms with Gasteiger partial charge in [0.15, 0.2) is 0 Å². The monoisotopic (exact) mass is 253 g/mol. The third kappa shape index (κ3) is 2.02. The van der Waals surface area contributed by atoms with Crippen LogP contribution in [-0.4, -0.2) is 48.6 Å². The fourth-order valence-electron chi connectivity index (χ4n) is 2.98. The molecule has 3 nitrogen and oxygen atoms in total. The molecule has 0 amide bonds. The molecule has 2 unspecified atom stereocenters. The smallest absolute Gasteiger partial charge is 0.130 e. The predicted octanol–water partition coefficient (Wildman–Crippen LogP) is 0.964. The number of benzene rings is 1. The molecule has 18 heavy (non-hydrogen) atoms. The van der Waals surface area contributed by atoms with Gasteiger partial charge in [-0.25, -0.2) is 8.78 Å². The zero-order valence-electron chi connectivity index (χ0n) is 10.1. The van der Waals surface area contributed by atoms with Crippen LogP contribution in [0.2, 0.25) is 0 Å². The molecule has 0 spiro atoms. The molecule has 3 aliphatic heterocycles. The summed E-state index contributed by atoms with van der Waals surface area (Å²) in [7, 11) is 0. The number of halogens is 2. The SMILES string of the molecule is NC(c1ccc(F)cc1F)C1CN2CCN1CC2. The van der Waals surface area contributed by atoms with Gasteiger partial charge in [0.1, 0.15) is 11.6 Å². The normalized spacial score (nSPS) is 32.5. The maximum Gasteiger partial charge on any atom is 0.130 e. The number of rotatable bonds is 2. The lowest BCUT2D eigenvalue weighted by Crippen LogP contribution is -2.63. The van der Waals surface area contributed by atoms with Crippen molar-refractivity contribution in [2.24, 2.45) is 5.73 Å². The van der Waals surface area contributed by atoms with Crippen molar-refractivity contribution in [2.75, 3.05) is 32.7 Å². The third-order valence-corrected chi connectivity index (χ3v) is 4.06. The Balaban J connectivity index is 1.83. The van der Waals surface area contributed by atoms with Gasteiger partial charge in [0.05, 0.1) is 0 Å². The van der Waals surface area contributed by atoms with Crippen molar-refractivity contribution in [3.8, 4) is 0 Å². The number of fused-ring (bicyclic) bond motifs is 3. The lowest BCUT2D eigenvalue weighted by molar-refractivity contribution is 0.00170. The van der Waals surface area contributed by atoms with Gasteiger partial charge in [-0.3, -0.25) is 9.80 Å². The van der Waals surface area contributed by atoms with Crippen LogP contribution in [0.15, 0.2) is 18.2 Å². The van der Waals surface area contributed by atoms with Gasteiger partial charge in [0.25, 0.3) is 0 Å². The summed E-state index contributed by atoms with van der Waals surface area (Å²) in [5.74, 6) is -1.10. The van der Waals surface area contributed by atoms with Gasteiger partial charge in [-0.2, -0.15) is 0 Å². The van der Waals surface area contributed by atoms with Crippen molar-refractivity contribution >= 4 is 0 Å². The van der Waals surface area contributed by atoms with E-state index in [0.717, 1.165) is 38.8 Å². The van der Waals surface area contributed by atoms with E-state index >= 15 is 0 Å². The van der Waals surface area contributed by atoms with Crippen LogP contribution in [0.25, 0.3) is 0 Å². The van der Waals surface area contributed by atoms with Gasteiger partial charge in [-0.1, -0.05) is 6.07 Å². The van der Waals surface area contributed by atoms with Crippen LogP contribution >= 0.6 is 0 Å². The molecule has 2 atom stereocenters. The molecule has 0 aliphatic carbocycles. The molecule has 2 bridgehead atoms. The molecule has 3 aliphatic rings. The fourth-order valence-corrected chi connectivity index (χ4v) is 2.98. The van der Waals surface area contributed by atoms with E-state index in [1.54, 1.807) is 0 Å². The number of piperazine rings is 3. The molecule has 1 aromatic carbocycles. The highest BCUT2D eigenvalue weighted by molar-refractivity contribution is 5.24. The summed E-state index contributed by atoms with van der Waals surface area (Å²) in [4.78, 5) is 4.67. The van der Waals surface area contributed by atoms with Crippen molar-refractivity contribution in [1.29, 1.82) is 0 Å². The second-order valence-corrected chi connectivity index (χ2v) is 5.10. The van der Waals surface area contributed by atoms with E-state index in [1.807, 2.05) is 0 Å². The van der Waals surface area contributed by atoms with E-state index < -0.39 is 17.7 Å². The van der Waals surface area contributed by atoms with Crippen LogP contribution in [0, 0.1) is 11.6 Å². The first-order chi connectivity index (χ1) is 8.65. The van der Waals surface area contributed by atoms with E-state index in [9.17, 15) is 8.78 Å². The first kappa shape index (κ1) is 12.0. The summed E-state index contributed by atoms with van der Waals surface area (Å²) >= 11 is 0. The summed E-state index contributed by atoms with van der Waals surface area (Å²) in [6, 6.07) is 3.38. The first-order valence-electron chi connectivity index (χ1n) is 6.32. The van der Waals surface area contributed by atoms with Crippen LogP contribution in [0.5, 0.6) is 0 Å². The van der Waals surface area contributed by atoms with Gasteiger partial charge < -0.3 is 5.73 Å². The Bertz CT molecular complexity index is 444. The molecule has 3 heterocycles. The average Bonchev–Trinajstić information content (AvgIpc) is 2.39. The van der Waals surface area contributed by atoms with Crippen LogP contribution in [0.4, 0.5) is 8.78 Å². The van der Waals surface area contributed by atoms with Gasteiger partial charge in [-0.05, 0) is 6.07 Å². The van der Waals surface area contributed by atoms with Gasteiger partial charge in [0, 0.05) is 56.4 Å². The molecular weight excluding hydrogens is 236 g/mol. The van der Waals surface area contributed by atoms with Crippen LogP contribution in [0.3, 0.4) is 0 Å². The quantitative estimate of drug-likeness (QED) is 0.852. The highest BCUT2D eigenvalue weighted by Crippen LogP contribution is 2.27. The van der Waals surface area contributed by atoms with Crippen LogP contribution in [0.1, 0.15) is 11.6 Å². The lowest BCUT2D eigenvalue weighted by atomic mass is 9.94. The summed E-state index contributed by atoms with van der Waals surface area (Å²) in [6.07, 6.45) is 0. The number of hydrogen-bond acceptors (Lipinski definition) is 3. The predicted molar refractivity (Wildman–Crippen MR) is 65.1 cm³/mol. The summed E-state index contributed by atoms with van der Waals surface area (Å²) in [5, 5.41) is 0. The number of nitrogens with two attached hydrogens (primary N) is 1. The Morgan fingerprint density at radius 2 is 1.89 bits per heavy atom. The average molecular weight is 253 g/mol. The Hall–Kier alpha value is -1.04. The molecule has 2 N–H and O–H groups in total. The highest BCUT2D eigenvalue weighted by Gasteiger charge is 2.36. The summed E-state index contributed by atoms with van der Waals surface area (Å²) < 4.78 is 26.6. The van der Waals surface area contributed by atoms with Gasteiger partial charge >= 0.3 is 0 Å². The van der Waals surface area contributed by atoms with E-state index in [4.69, 9.17) is 5.73 Å². The van der Waals surface area contributed by atoms with E-state index in [2.05, 4.69) is 9.80 Å². The molecule has 5 heteroatoms. The maximum absolute atomic E-state index is 13.7. The van der Waals surface area contributed by atoms with Crippen molar-refractivity contribution in [1.82, 2.24) is 9.80 Å². The maximum atomic E-state index is 13.7. The Kier molecular flexibility index (Phi) is 3.05. The highest BCUT2D eigenvalue weighted by atomic mass is 19.1. The minimum atomic E-state index is -0.558. The topological polar surface area (TPSA) is 32.5 Å². The molecule has 3 saturated heterocycles. The van der Waals surface area contributed by atoms with E-state index in [1.165, 1.54) is 12.1 Å². The Morgan fingerprint density at radius 1 is 1.17 bits per heavy atom. The van der Waals surface area contributed by atoms with Crippen molar-refractivity contribution in [3.05, 3.63) is 35.4 Å². The second kappa shape index (κ2) is 4.57. The molecule has 0 radical (unpaired) electrons. The molecule has 98 valence electrons. The zero-order valence-corrected chi connectivity index (χ0v) is 10.1. The number of nitrogens with zero attached hydrogens (tertiary/aromatic N) is 2. The zero-order chi connectivity index (χ0) is 12.7. The third-order valence-electron chi connectivity index (χ3n) is 4.06. The van der Waals surface area contributed by atoms with Crippen molar-refractivity contribution < 1.29 is 8.78 Å². The molecule has 0 aromatic heterocycles. The van der Waals surface area contributed by atoms with E-state index in [-0.39, 0.29) is 6.04 Å².